The average molecular weight is 444 g/mol. The molecule has 1 aliphatic rings. The summed E-state index contributed by atoms with van der Waals surface area (Å²) in [6.45, 7) is 4.69. The zero-order valence-corrected chi connectivity index (χ0v) is 18.4. The minimum absolute atomic E-state index is 0.0310. The summed E-state index contributed by atoms with van der Waals surface area (Å²) < 4.78 is 1.61. The summed E-state index contributed by atoms with van der Waals surface area (Å²) in [6, 6.07) is 7.53. The maximum Gasteiger partial charge on any atom is 0.246 e. The first-order chi connectivity index (χ1) is 16.1. The lowest BCUT2D eigenvalue weighted by molar-refractivity contribution is -0.140. The molecule has 4 aromatic rings. The molecule has 33 heavy (non-hydrogen) atoms. The molecule has 0 unspecified atom stereocenters. The Morgan fingerprint density at radius 1 is 1.27 bits per heavy atom. The topological polar surface area (TPSA) is 99.5 Å². The Bertz CT molecular complexity index is 1360. The second-order valence-electron chi connectivity index (χ2n) is 8.28. The highest BCUT2D eigenvalue weighted by Gasteiger charge is 2.34. The molecule has 1 fully saturated rings. The molecule has 9 heteroatoms. The highest BCUT2D eigenvalue weighted by molar-refractivity contribution is 5.97. The molecule has 1 N–H and O–H groups in total. The summed E-state index contributed by atoms with van der Waals surface area (Å²) in [7, 11) is 1.79. The van der Waals surface area contributed by atoms with Gasteiger partial charge in [0.25, 0.3) is 0 Å². The van der Waals surface area contributed by atoms with Gasteiger partial charge in [-0.05, 0) is 48.7 Å². The highest BCUT2D eigenvalue weighted by atomic mass is 16.2. The fourth-order valence-electron chi connectivity index (χ4n) is 4.55. The maximum absolute atomic E-state index is 13.0. The van der Waals surface area contributed by atoms with Crippen molar-refractivity contribution in [3.8, 4) is 11.1 Å². The number of H-pyrrole nitrogens is 1. The number of rotatable bonds is 6. The van der Waals surface area contributed by atoms with Gasteiger partial charge in [0.2, 0.25) is 11.8 Å². The van der Waals surface area contributed by atoms with Crippen molar-refractivity contribution in [3.63, 3.8) is 0 Å². The summed E-state index contributed by atoms with van der Waals surface area (Å²) in [6.07, 6.45) is 8.75. The Hall–Kier alpha value is -4.01. The zero-order chi connectivity index (χ0) is 22.9. The predicted molar refractivity (Wildman–Crippen MR) is 124 cm³/mol. The van der Waals surface area contributed by atoms with Crippen molar-refractivity contribution in [1.82, 2.24) is 34.6 Å². The number of fused-ring (bicyclic) bond motifs is 2. The number of hydrogen-bond donors (Lipinski definition) is 1. The molecule has 1 saturated heterocycles. The van der Waals surface area contributed by atoms with Gasteiger partial charge < -0.3 is 14.8 Å². The molecule has 168 valence electrons. The van der Waals surface area contributed by atoms with E-state index >= 15 is 0 Å². The van der Waals surface area contributed by atoms with Crippen molar-refractivity contribution in [3.05, 3.63) is 61.2 Å². The number of hydrogen-bond acceptors (Lipinski definition) is 5. The molecule has 0 aliphatic carbocycles. The number of amides is 2. The molecule has 1 atom stereocenters. The van der Waals surface area contributed by atoms with E-state index in [2.05, 4.69) is 32.8 Å². The molecule has 0 aromatic carbocycles. The molecule has 5 heterocycles. The Labute approximate surface area is 190 Å². The molecule has 0 spiro atoms. The summed E-state index contributed by atoms with van der Waals surface area (Å²) in [5.41, 5.74) is 4.72. The Kier molecular flexibility index (Phi) is 5.37. The number of aromatic amines is 1. The van der Waals surface area contributed by atoms with Crippen molar-refractivity contribution in [1.29, 1.82) is 0 Å². The first-order valence-corrected chi connectivity index (χ1v) is 11.0. The second-order valence-corrected chi connectivity index (χ2v) is 8.28. The normalized spacial score (nSPS) is 15.9. The molecule has 1 aliphatic heterocycles. The summed E-state index contributed by atoms with van der Waals surface area (Å²) >= 11 is 0. The smallest absolute Gasteiger partial charge is 0.246 e. The van der Waals surface area contributed by atoms with Crippen molar-refractivity contribution in [2.24, 2.45) is 0 Å². The molecular formula is C24H25N7O2. The van der Waals surface area contributed by atoms with Gasteiger partial charge in [-0.2, -0.15) is 14.8 Å². The van der Waals surface area contributed by atoms with E-state index < -0.39 is 6.04 Å². The van der Waals surface area contributed by atoms with Crippen molar-refractivity contribution in [2.75, 3.05) is 20.1 Å². The Morgan fingerprint density at radius 3 is 3.00 bits per heavy atom. The van der Waals surface area contributed by atoms with E-state index in [9.17, 15) is 9.59 Å². The van der Waals surface area contributed by atoms with Crippen molar-refractivity contribution in [2.45, 2.75) is 25.3 Å². The lowest BCUT2D eigenvalue weighted by Gasteiger charge is -2.27. The van der Waals surface area contributed by atoms with E-state index in [1.54, 1.807) is 33.9 Å². The van der Waals surface area contributed by atoms with Crippen LogP contribution < -0.4 is 0 Å². The van der Waals surface area contributed by atoms with E-state index in [-0.39, 0.29) is 11.8 Å². The molecule has 2 amide bonds. The van der Waals surface area contributed by atoms with Crippen LogP contribution in [0.5, 0.6) is 0 Å². The Balaban J connectivity index is 1.34. The van der Waals surface area contributed by atoms with Crippen LogP contribution in [0.15, 0.2) is 55.5 Å². The van der Waals surface area contributed by atoms with Crippen LogP contribution in [0.1, 0.15) is 18.5 Å². The van der Waals surface area contributed by atoms with Crippen LogP contribution in [-0.2, 0) is 16.0 Å². The number of aromatic nitrogens is 5. The maximum atomic E-state index is 13.0. The first-order valence-electron chi connectivity index (χ1n) is 11.0. The third-order valence-electron chi connectivity index (χ3n) is 6.27. The van der Waals surface area contributed by atoms with E-state index in [1.165, 1.54) is 6.08 Å². The highest BCUT2D eigenvalue weighted by Crippen LogP contribution is 2.31. The minimum Gasteiger partial charge on any atom is -0.344 e. The average Bonchev–Trinajstić information content (AvgIpc) is 3.58. The van der Waals surface area contributed by atoms with Crippen LogP contribution in [0, 0.1) is 0 Å². The molecule has 4 aromatic heterocycles. The van der Waals surface area contributed by atoms with E-state index in [0.29, 0.717) is 25.9 Å². The van der Waals surface area contributed by atoms with Crippen molar-refractivity contribution < 1.29 is 9.59 Å². The molecule has 5 rings (SSSR count). The molecule has 9 nitrogen and oxygen atoms in total. The van der Waals surface area contributed by atoms with Gasteiger partial charge in [0.05, 0.1) is 11.7 Å². The fourth-order valence-corrected chi connectivity index (χ4v) is 4.55. The van der Waals surface area contributed by atoms with Gasteiger partial charge in [-0.1, -0.05) is 6.58 Å². The van der Waals surface area contributed by atoms with Gasteiger partial charge in [-0.3, -0.25) is 9.59 Å². The van der Waals surface area contributed by atoms with Gasteiger partial charge in [-0.15, -0.1) is 0 Å². The van der Waals surface area contributed by atoms with E-state index in [1.807, 2.05) is 24.4 Å². The van der Waals surface area contributed by atoms with Crippen LogP contribution in [0.2, 0.25) is 0 Å². The third kappa shape index (κ3) is 3.75. The summed E-state index contributed by atoms with van der Waals surface area (Å²) in [4.78, 5) is 36.2. The molecular weight excluding hydrogens is 418 g/mol. The monoisotopic (exact) mass is 443 g/mol. The van der Waals surface area contributed by atoms with E-state index in [4.69, 9.17) is 0 Å². The van der Waals surface area contributed by atoms with Gasteiger partial charge in [0, 0.05) is 55.6 Å². The fraction of sp³-hybridized carbons (Fsp3) is 0.292. The standard InChI is InChI=1S/C24H25N7O2/c1-3-22(32)30-12-5-7-21(30)24(33)29(2)13-9-16-14-18-17(8-11-25-23(18)28-16)19-15-27-31-20(19)6-4-10-26-31/h3-4,6,8,10-11,14-15,21H,1,5,7,9,12-13H2,2H3,(H,25,28)/t21-/m0/s1. The lowest BCUT2D eigenvalue weighted by Crippen LogP contribution is -2.46. The largest absolute Gasteiger partial charge is 0.344 e. The van der Waals surface area contributed by atoms with Crippen LogP contribution in [-0.4, -0.2) is 72.6 Å². The van der Waals surface area contributed by atoms with Crippen LogP contribution >= 0.6 is 0 Å². The van der Waals surface area contributed by atoms with Crippen LogP contribution in [0.25, 0.3) is 27.7 Å². The quantitative estimate of drug-likeness (QED) is 0.462. The number of carbonyl (C=O) groups excluding carboxylic acids is 2. The van der Waals surface area contributed by atoms with Gasteiger partial charge >= 0.3 is 0 Å². The SMILES string of the molecule is C=CC(=O)N1CCC[C@H]1C(=O)N(C)CCc1cc2c(-c3cnn4ncccc34)ccnc2[nH]1. The lowest BCUT2D eigenvalue weighted by atomic mass is 10.1. The summed E-state index contributed by atoms with van der Waals surface area (Å²) in [5, 5.41) is 9.59. The van der Waals surface area contributed by atoms with Gasteiger partial charge in [0.15, 0.2) is 0 Å². The van der Waals surface area contributed by atoms with Crippen molar-refractivity contribution >= 4 is 28.4 Å². The van der Waals surface area contributed by atoms with E-state index in [0.717, 1.165) is 39.8 Å². The molecule has 0 bridgehead atoms. The molecule has 0 saturated carbocycles. The number of likely N-dealkylation sites (N-methyl/N-ethyl adjacent to an activating group) is 1. The predicted octanol–water partition coefficient (Wildman–Crippen LogP) is 2.45. The number of carbonyl (C=O) groups is 2. The van der Waals surface area contributed by atoms with Gasteiger partial charge in [-0.25, -0.2) is 4.98 Å². The number of nitrogens with one attached hydrogen (secondary N) is 1. The Morgan fingerprint density at radius 2 is 2.15 bits per heavy atom. The number of pyridine rings is 1. The first kappa shape index (κ1) is 20.9. The second kappa shape index (κ2) is 8.50. The zero-order valence-electron chi connectivity index (χ0n) is 18.4. The summed E-state index contributed by atoms with van der Waals surface area (Å²) in [5.74, 6) is -0.215. The molecule has 0 radical (unpaired) electrons. The van der Waals surface area contributed by atoms with Crippen LogP contribution in [0.4, 0.5) is 0 Å². The number of nitrogens with zero attached hydrogens (tertiary/aromatic N) is 6. The van der Waals surface area contributed by atoms with Gasteiger partial charge in [0.1, 0.15) is 11.7 Å². The minimum atomic E-state index is -0.402. The number of likely N-dealkylation sites (tertiary alicyclic amines) is 1. The van der Waals surface area contributed by atoms with Crippen LogP contribution in [0.3, 0.4) is 0 Å². The third-order valence-corrected chi connectivity index (χ3v) is 6.27.